The average Bonchev–Trinajstić information content (AvgIpc) is 2.56. The summed E-state index contributed by atoms with van der Waals surface area (Å²) < 4.78 is 0. The molecule has 1 aliphatic heterocycles. The lowest BCUT2D eigenvalue weighted by atomic mass is 9.97. The first-order chi connectivity index (χ1) is 10.3. The molecule has 108 valence electrons. The Morgan fingerprint density at radius 2 is 2.00 bits per heavy atom. The van der Waals surface area contributed by atoms with Crippen LogP contribution >= 0.6 is 12.2 Å². The number of rotatable bonds is 2. The fraction of sp³-hybridized carbons (Fsp3) is 0.294. The SMILES string of the molecule is S=C(Nc1ccccc1)N1CCCC[C@H]1c1cccnc1. The number of likely N-dealkylation sites (tertiary alicyclic amines) is 1. The fourth-order valence-corrected chi connectivity index (χ4v) is 3.15. The van der Waals surface area contributed by atoms with Crippen LogP contribution in [-0.2, 0) is 0 Å². The van der Waals surface area contributed by atoms with Crippen molar-refractivity contribution >= 4 is 23.0 Å². The number of nitrogens with zero attached hydrogens (tertiary/aromatic N) is 2. The van der Waals surface area contributed by atoms with Crippen LogP contribution < -0.4 is 5.32 Å². The van der Waals surface area contributed by atoms with Gasteiger partial charge in [-0.1, -0.05) is 24.3 Å². The van der Waals surface area contributed by atoms with Gasteiger partial charge in [-0.3, -0.25) is 4.98 Å². The van der Waals surface area contributed by atoms with Crippen molar-refractivity contribution in [2.24, 2.45) is 0 Å². The van der Waals surface area contributed by atoms with E-state index in [1.54, 1.807) is 0 Å². The van der Waals surface area contributed by atoms with Gasteiger partial charge >= 0.3 is 0 Å². The van der Waals surface area contributed by atoms with E-state index in [4.69, 9.17) is 12.2 Å². The van der Waals surface area contributed by atoms with Crippen LogP contribution in [0, 0.1) is 0 Å². The second-order valence-electron chi connectivity index (χ2n) is 5.29. The largest absolute Gasteiger partial charge is 0.342 e. The van der Waals surface area contributed by atoms with E-state index < -0.39 is 0 Å². The number of thiocarbonyl (C=S) groups is 1. The highest BCUT2D eigenvalue weighted by Crippen LogP contribution is 2.30. The summed E-state index contributed by atoms with van der Waals surface area (Å²) in [4.78, 5) is 6.54. The minimum Gasteiger partial charge on any atom is -0.342 e. The Bertz CT molecular complexity index is 585. The van der Waals surface area contributed by atoms with Gasteiger partial charge in [0.25, 0.3) is 0 Å². The van der Waals surface area contributed by atoms with Crippen LogP contribution in [0.2, 0.25) is 0 Å². The monoisotopic (exact) mass is 297 g/mol. The second kappa shape index (κ2) is 6.68. The maximum atomic E-state index is 5.63. The van der Waals surface area contributed by atoms with Crippen LogP contribution in [0.5, 0.6) is 0 Å². The van der Waals surface area contributed by atoms with Crippen molar-refractivity contribution in [3.63, 3.8) is 0 Å². The number of hydrogen-bond acceptors (Lipinski definition) is 2. The Morgan fingerprint density at radius 3 is 2.76 bits per heavy atom. The normalized spacial score (nSPS) is 18.3. The molecule has 1 aliphatic rings. The van der Waals surface area contributed by atoms with Crippen molar-refractivity contribution < 1.29 is 0 Å². The molecule has 1 atom stereocenters. The zero-order valence-electron chi connectivity index (χ0n) is 11.9. The van der Waals surface area contributed by atoms with Crippen LogP contribution in [0.1, 0.15) is 30.9 Å². The Morgan fingerprint density at radius 1 is 1.14 bits per heavy atom. The predicted molar refractivity (Wildman–Crippen MR) is 90.2 cm³/mol. The van der Waals surface area contributed by atoms with Crippen molar-refractivity contribution in [2.75, 3.05) is 11.9 Å². The molecule has 3 nitrogen and oxygen atoms in total. The molecule has 2 heterocycles. The van der Waals surface area contributed by atoms with Crippen molar-refractivity contribution in [1.82, 2.24) is 9.88 Å². The number of hydrogen-bond donors (Lipinski definition) is 1. The average molecular weight is 297 g/mol. The Labute approximate surface area is 131 Å². The zero-order chi connectivity index (χ0) is 14.5. The fourth-order valence-electron chi connectivity index (χ4n) is 2.81. The van der Waals surface area contributed by atoms with Gasteiger partial charge in [-0.2, -0.15) is 0 Å². The molecule has 1 N–H and O–H groups in total. The molecular weight excluding hydrogens is 278 g/mol. The molecular formula is C17H19N3S. The van der Waals surface area contributed by atoms with E-state index in [2.05, 4.69) is 21.3 Å². The number of pyridine rings is 1. The minimum atomic E-state index is 0.330. The highest BCUT2D eigenvalue weighted by atomic mass is 32.1. The molecule has 0 spiro atoms. The number of benzene rings is 1. The number of nitrogens with one attached hydrogen (secondary N) is 1. The molecule has 0 saturated carbocycles. The first kappa shape index (κ1) is 14.0. The third kappa shape index (κ3) is 3.39. The van der Waals surface area contributed by atoms with Gasteiger partial charge in [-0.15, -0.1) is 0 Å². The molecule has 0 unspecified atom stereocenters. The van der Waals surface area contributed by atoms with Crippen LogP contribution in [0.15, 0.2) is 54.9 Å². The van der Waals surface area contributed by atoms with E-state index in [-0.39, 0.29) is 0 Å². The molecule has 1 fully saturated rings. The molecule has 0 amide bonds. The summed E-state index contributed by atoms with van der Waals surface area (Å²) in [5.74, 6) is 0. The zero-order valence-corrected chi connectivity index (χ0v) is 12.7. The minimum absolute atomic E-state index is 0.330. The van der Waals surface area contributed by atoms with Gasteiger partial charge in [0, 0.05) is 24.6 Å². The van der Waals surface area contributed by atoms with Crippen LogP contribution in [0.25, 0.3) is 0 Å². The lowest BCUT2D eigenvalue weighted by molar-refractivity contribution is 0.248. The van der Waals surface area contributed by atoms with Crippen molar-refractivity contribution in [3.8, 4) is 0 Å². The van der Waals surface area contributed by atoms with Gasteiger partial charge < -0.3 is 10.2 Å². The summed E-state index contributed by atoms with van der Waals surface area (Å²) in [5, 5.41) is 4.15. The lowest BCUT2D eigenvalue weighted by Gasteiger charge is -2.37. The molecule has 4 heteroatoms. The van der Waals surface area contributed by atoms with E-state index in [0.717, 1.165) is 23.8 Å². The van der Waals surface area contributed by atoms with E-state index in [0.29, 0.717) is 6.04 Å². The van der Waals surface area contributed by atoms with Crippen molar-refractivity contribution in [3.05, 3.63) is 60.4 Å². The van der Waals surface area contributed by atoms with Crippen LogP contribution in [0.4, 0.5) is 5.69 Å². The summed E-state index contributed by atoms with van der Waals surface area (Å²) in [6, 6.07) is 14.6. The smallest absolute Gasteiger partial charge is 0.173 e. The lowest BCUT2D eigenvalue weighted by Crippen LogP contribution is -2.41. The molecule has 0 bridgehead atoms. The molecule has 0 radical (unpaired) electrons. The first-order valence-corrected chi connectivity index (χ1v) is 7.78. The van der Waals surface area contributed by atoms with Crippen molar-refractivity contribution in [1.29, 1.82) is 0 Å². The van der Waals surface area contributed by atoms with E-state index >= 15 is 0 Å². The summed E-state index contributed by atoms with van der Waals surface area (Å²) in [6.07, 6.45) is 7.32. The summed E-state index contributed by atoms with van der Waals surface area (Å²) >= 11 is 5.63. The van der Waals surface area contributed by atoms with E-state index in [1.165, 1.54) is 18.4 Å². The summed E-state index contributed by atoms with van der Waals surface area (Å²) in [7, 11) is 0. The molecule has 1 aromatic heterocycles. The molecule has 1 saturated heterocycles. The van der Waals surface area contributed by atoms with E-state index in [1.807, 2.05) is 48.8 Å². The highest BCUT2D eigenvalue weighted by molar-refractivity contribution is 7.80. The first-order valence-electron chi connectivity index (χ1n) is 7.37. The number of anilines is 1. The molecule has 2 aromatic rings. The maximum absolute atomic E-state index is 5.63. The Balaban J connectivity index is 1.76. The standard InChI is InChI=1S/C17H19N3S/c21-17(19-15-8-2-1-3-9-15)20-12-5-4-10-16(20)14-7-6-11-18-13-14/h1-3,6-9,11,13,16H,4-5,10,12H2,(H,19,21)/t16-/m0/s1. The van der Waals surface area contributed by atoms with Gasteiger partial charge in [0.1, 0.15) is 0 Å². The van der Waals surface area contributed by atoms with Gasteiger partial charge in [0.2, 0.25) is 0 Å². The number of piperidine rings is 1. The Hall–Kier alpha value is -1.94. The van der Waals surface area contributed by atoms with Gasteiger partial charge in [0.15, 0.2) is 5.11 Å². The topological polar surface area (TPSA) is 28.2 Å². The van der Waals surface area contributed by atoms with Gasteiger partial charge in [0.05, 0.1) is 6.04 Å². The molecule has 3 rings (SSSR count). The molecule has 21 heavy (non-hydrogen) atoms. The van der Waals surface area contributed by atoms with Gasteiger partial charge in [-0.05, 0) is 55.2 Å². The van der Waals surface area contributed by atoms with Crippen LogP contribution in [0.3, 0.4) is 0 Å². The van der Waals surface area contributed by atoms with E-state index in [9.17, 15) is 0 Å². The second-order valence-corrected chi connectivity index (χ2v) is 5.67. The third-order valence-electron chi connectivity index (χ3n) is 3.86. The highest BCUT2D eigenvalue weighted by Gasteiger charge is 2.25. The number of aromatic nitrogens is 1. The molecule has 0 aliphatic carbocycles. The van der Waals surface area contributed by atoms with Crippen molar-refractivity contribution in [2.45, 2.75) is 25.3 Å². The molecule has 1 aromatic carbocycles. The summed E-state index contributed by atoms with van der Waals surface area (Å²) in [5.41, 5.74) is 2.28. The quantitative estimate of drug-likeness (QED) is 0.848. The third-order valence-corrected chi connectivity index (χ3v) is 4.19. The number of para-hydroxylation sites is 1. The predicted octanol–water partition coefficient (Wildman–Crippen LogP) is 4.01. The summed E-state index contributed by atoms with van der Waals surface area (Å²) in [6.45, 7) is 0.998. The maximum Gasteiger partial charge on any atom is 0.173 e. The van der Waals surface area contributed by atoms with Crippen LogP contribution in [-0.4, -0.2) is 21.5 Å². The Kier molecular flexibility index (Phi) is 4.46. The van der Waals surface area contributed by atoms with Gasteiger partial charge in [-0.25, -0.2) is 0 Å².